The molecular weight excluding hydrogens is 154 g/mol. The third-order valence-corrected chi connectivity index (χ3v) is 1.71. The van der Waals surface area contributed by atoms with Gasteiger partial charge in [0, 0.05) is 25.4 Å². The summed E-state index contributed by atoms with van der Waals surface area (Å²) in [5.41, 5.74) is 0.0236. The molecule has 1 heterocycles. The molecule has 66 valence electrons. The minimum atomic E-state index is 0.0236. The molecule has 1 aromatic heterocycles. The molecule has 0 spiro atoms. The van der Waals surface area contributed by atoms with Crippen LogP contribution in [-0.2, 0) is 6.54 Å². The van der Waals surface area contributed by atoms with Gasteiger partial charge in [-0.05, 0) is 18.9 Å². The van der Waals surface area contributed by atoms with Gasteiger partial charge >= 0.3 is 0 Å². The summed E-state index contributed by atoms with van der Waals surface area (Å²) in [5, 5.41) is 8.53. The third kappa shape index (κ3) is 2.51. The predicted octanol–water partition coefficient (Wildman–Crippen LogP) is 0.621. The van der Waals surface area contributed by atoms with Gasteiger partial charge in [-0.25, -0.2) is 0 Å². The SMILES string of the molecule is O=c1ccccn1CCCCO. The fraction of sp³-hybridized carbons (Fsp3) is 0.444. The molecule has 0 unspecified atom stereocenters. The van der Waals surface area contributed by atoms with Crippen LogP contribution >= 0.6 is 0 Å². The summed E-state index contributed by atoms with van der Waals surface area (Å²) in [6, 6.07) is 5.10. The van der Waals surface area contributed by atoms with Crippen molar-refractivity contribution >= 4 is 0 Å². The zero-order valence-electron chi connectivity index (χ0n) is 6.94. The Morgan fingerprint density at radius 2 is 2.17 bits per heavy atom. The molecule has 0 atom stereocenters. The second kappa shape index (κ2) is 4.72. The molecule has 3 heteroatoms. The van der Waals surface area contributed by atoms with Gasteiger partial charge in [-0.1, -0.05) is 6.07 Å². The standard InChI is InChI=1S/C9H13NO2/c11-8-4-3-7-10-6-2-1-5-9(10)12/h1-2,5-6,11H,3-4,7-8H2. The number of aryl methyl sites for hydroxylation is 1. The molecule has 12 heavy (non-hydrogen) atoms. The summed E-state index contributed by atoms with van der Waals surface area (Å²) in [5.74, 6) is 0. The molecule has 0 saturated carbocycles. The van der Waals surface area contributed by atoms with Crippen molar-refractivity contribution in [2.24, 2.45) is 0 Å². The van der Waals surface area contributed by atoms with Crippen LogP contribution in [0.25, 0.3) is 0 Å². The van der Waals surface area contributed by atoms with Gasteiger partial charge in [0.25, 0.3) is 0 Å². The van der Waals surface area contributed by atoms with E-state index in [0.29, 0.717) is 6.54 Å². The van der Waals surface area contributed by atoms with Crippen molar-refractivity contribution in [3.05, 3.63) is 34.7 Å². The van der Waals surface area contributed by atoms with Gasteiger partial charge in [-0.15, -0.1) is 0 Å². The smallest absolute Gasteiger partial charge is 0.250 e. The zero-order valence-corrected chi connectivity index (χ0v) is 6.94. The molecule has 0 aliphatic rings. The highest BCUT2D eigenvalue weighted by Gasteiger charge is 1.92. The van der Waals surface area contributed by atoms with E-state index >= 15 is 0 Å². The zero-order chi connectivity index (χ0) is 8.81. The van der Waals surface area contributed by atoms with Crippen molar-refractivity contribution in [2.45, 2.75) is 19.4 Å². The van der Waals surface area contributed by atoms with Gasteiger partial charge in [-0.3, -0.25) is 4.79 Å². The number of nitrogens with zero attached hydrogens (tertiary/aromatic N) is 1. The first-order chi connectivity index (χ1) is 5.84. The van der Waals surface area contributed by atoms with Crippen molar-refractivity contribution in [1.82, 2.24) is 4.57 Å². The average molecular weight is 167 g/mol. The highest BCUT2D eigenvalue weighted by molar-refractivity contribution is 4.92. The second-order valence-corrected chi connectivity index (χ2v) is 2.66. The van der Waals surface area contributed by atoms with E-state index in [1.165, 1.54) is 0 Å². The van der Waals surface area contributed by atoms with Crippen LogP contribution < -0.4 is 5.56 Å². The Kier molecular flexibility index (Phi) is 3.54. The summed E-state index contributed by atoms with van der Waals surface area (Å²) in [7, 11) is 0. The normalized spacial score (nSPS) is 10.1. The fourth-order valence-corrected chi connectivity index (χ4v) is 1.04. The first-order valence-electron chi connectivity index (χ1n) is 4.11. The fourth-order valence-electron chi connectivity index (χ4n) is 1.04. The Bertz CT molecular complexity index is 280. The highest BCUT2D eigenvalue weighted by Crippen LogP contribution is 1.91. The maximum Gasteiger partial charge on any atom is 0.250 e. The molecule has 0 aliphatic heterocycles. The van der Waals surface area contributed by atoms with E-state index in [4.69, 9.17) is 5.11 Å². The minimum absolute atomic E-state index is 0.0236. The number of pyridine rings is 1. The van der Waals surface area contributed by atoms with E-state index in [1.54, 1.807) is 22.9 Å². The molecule has 0 fully saturated rings. The van der Waals surface area contributed by atoms with Gasteiger partial charge in [0.2, 0.25) is 5.56 Å². The number of aliphatic hydroxyl groups excluding tert-OH is 1. The second-order valence-electron chi connectivity index (χ2n) is 2.66. The van der Waals surface area contributed by atoms with E-state index < -0.39 is 0 Å². The molecule has 0 saturated heterocycles. The molecule has 0 radical (unpaired) electrons. The minimum Gasteiger partial charge on any atom is -0.396 e. The van der Waals surface area contributed by atoms with Crippen LogP contribution in [-0.4, -0.2) is 16.3 Å². The van der Waals surface area contributed by atoms with Crippen molar-refractivity contribution in [1.29, 1.82) is 0 Å². The highest BCUT2D eigenvalue weighted by atomic mass is 16.2. The first-order valence-corrected chi connectivity index (χ1v) is 4.11. The summed E-state index contributed by atoms with van der Waals surface area (Å²) in [6.07, 6.45) is 3.36. The van der Waals surface area contributed by atoms with Gasteiger partial charge < -0.3 is 9.67 Å². The van der Waals surface area contributed by atoms with Crippen molar-refractivity contribution in [3.63, 3.8) is 0 Å². The van der Waals surface area contributed by atoms with E-state index in [2.05, 4.69) is 0 Å². The number of rotatable bonds is 4. The van der Waals surface area contributed by atoms with E-state index in [-0.39, 0.29) is 12.2 Å². The third-order valence-electron chi connectivity index (χ3n) is 1.71. The molecule has 0 aliphatic carbocycles. The van der Waals surface area contributed by atoms with Crippen LogP contribution in [0.3, 0.4) is 0 Å². The maximum absolute atomic E-state index is 11.1. The topological polar surface area (TPSA) is 42.2 Å². The maximum atomic E-state index is 11.1. The van der Waals surface area contributed by atoms with Crippen molar-refractivity contribution in [2.75, 3.05) is 6.61 Å². The van der Waals surface area contributed by atoms with Crippen LogP contribution in [0.2, 0.25) is 0 Å². The summed E-state index contributed by atoms with van der Waals surface area (Å²) >= 11 is 0. The monoisotopic (exact) mass is 167 g/mol. The molecule has 0 aromatic carbocycles. The molecule has 0 amide bonds. The van der Waals surface area contributed by atoms with E-state index in [0.717, 1.165) is 12.8 Å². The Balaban J connectivity index is 2.52. The van der Waals surface area contributed by atoms with E-state index in [1.807, 2.05) is 6.07 Å². The van der Waals surface area contributed by atoms with Gasteiger partial charge in [0.15, 0.2) is 0 Å². The lowest BCUT2D eigenvalue weighted by Crippen LogP contribution is -2.17. The van der Waals surface area contributed by atoms with Crippen LogP contribution in [0.1, 0.15) is 12.8 Å². The van der Waals surface area contributed by atoms with Crippen LogP contribution in [0.15, 0.2) is 29.2 Å². The number of aromatic nitrogens is 1. The Hall–Kier alpha value is -1.09. The van der Waals surface area contributed by atoms with Gasteiger partial charge in [0.05, 0.1) is 0 Å². The summed E-state index contributed by atoms with van der Waals surface area (Å²) in [6.45, 7) is 0.891. The Labute approximate surface area is 71.3 Å². The van der Waals surface area contributed by atoms with Crippen LogP contribution in [0.5, 0.6) is 0 Å². The number of hydrogen-bond donors (Lipinski definition) is 1. The van der Waals surface area contributed by atoms with Crippen molar-refractivity contribution < 1.29 is 5.11 Å². The van der Waals surface area contributed by atoms with Crippen LogP contribution in [0.4, 0.5) is 0 Å². The lowest BCUT2D eigenvalue weighted by atomic mass is 10.3. The average Bonchev–Trinajstić information content (AvgIpc) is 2.09. The van der Waals surface area contributed by atoms with Gasteiger partial charge in [0.1, 0.15) is 0 Å². The number of unbranched alkanes of at least 4 members (excludes halogenated alkanes) is 1. The number of aliphatic hydroxyl groups is 1. The first kappa shape index (κ1) is 9.00. The van der Waals surface area contributed by atoms with E-state index in [9.17, 15) is 4.79 Å². The lowest BCUT2D eigenvalue weighted by Gasteiger charge is -2.02. The molecule has 0 bridgehead atoms. The molecule has 1 aromatic rings. The Morgan fingerprint density at radius 3 is 2.83 bits per heavy atom. The molecule has 1 N–H and O–H groups in total. The van der Waals surface area contributed by atoms with Crippen LogP contribution in [0, 0.1) is 0 Å². The quantitative estimate of drug-likeness (QED) is 0.668. The Morgan fingerprint density at radius 1 is 1.33 bits per heavy atom. The molecular formula is C9H13NO2. The predicted molar refractivity (Wildman–Crippen MR) is 47.0 cm³/mol. The largest absolute Gasteiger partial charge is 0.396 e. The van der Waals surface area contributed by atoms with Gasteiger partial charge in [-0.2, -0.15) is 0 Å². The summed E-state index contributed by atoms with van der Waals surface area (Å²) in [4.78, 5) is 11.1. The molecule has 1 rings (SSSR count). The molecule has 3 nitrogen and oxygen atoms in total. The number of hydrogen-bond acceptors (Lipinski definition) is 2. The summed E-state index contributed by atoms with van der Waals surface area (Å²) < 4.78 is 1.65. The lowest BCUT2D eigenvalue weighted by molar-refractivity contribution is 0.281. The van der Waals surface area contributed by atoms with Crippen molar-refractivity contribution in [3.8, 4) is 0 Å².